The molecule has 0 bridgehead atoms. The van der Waals surface area contributed by atoms with Crippen LogP contribution in [-0.2, 0) is 11.3 Å². The van der Waals surface area contributed by atoms with Crippen LogP contribution in [0.15, 0.2) is 57.6 Å². The van der Waals surface area contributed by atoms with Crippen LogP contribution in [-0.4, -0.2) is 43.8 Å². The first-order valence-electron chi connectivity index (χ1n) is 9.01. The van der Waals surface area contributed by atoms with Gasteiger partial charge in [0.05, 0.1) is 6.54 Å². The van der Waals surface area contributed by atoms with E-state index in [-0.39, 0.29) is 18.5 Å². The molecule has 2 aliphatic rings. The van der Waals surface area contributed by atoms with Crippen LogP contribution in [0, 0.1) is 5.92 Å². The summed E-state index contributed by atoms with van der Waals surface area (Å²) in [4.78, 5) is 31.4. The molecule has 1 aliphatic carbocycles. The van der Waals surface area contributed by atoms with Gasteiger partial charge in [0, 0.05) is 10.0 Å². The summed E-state index contributed by atoms with van der Waals surface area (Å²) in [5.41, 5.74) is 1.45. The first kappa shape index (κ1) is 18.5. The lowest BCUT2D eigenvalue weighted by Gasteiger charge is -2.26. The van der Waals surface area contributed by atoms with Gasteiger partial charge in [-0.3, -0.25) is 0 Å². The topological polar surface area (TPSA) is 79.3 Å². The molecule has 0 radical (unpaired) electrons. The lowest BCUT2D eigenvalue weighted by molar-refractivity contribution is -0.460. The van der Waals surface area contributed by atoms with Crippen molar-refractivity contribution in [1.29, 1.82) is 0 Å². The number of hydrogen-bond donors (Lipinski definition) is 0. The summed E-state index contributed by atoms with van der Waals surface area (Å²) in [6, 6.07) is 7.19. The summed E-state index contributed by atoms with van der Waals surface area (Å²) in [5, 5.41) is 4.02. The Bertz CT molecular complexity index is 1020. The molecule has 7 nitrogen and oxygen atoms in total. The third-order valence-corrected chi connectivity index (χ3v) is 5.15. The van der Waals surface area contributed by atoms with Gasteiger partial charge < -0.3 is 4.52 Å². The zero-order valence-electron chi connectivity index (χ0n) is 15.2. The summed E-state index contributed by atoms with van der Waals surface area (Å²) in [6.45, 7) is 2.42. The molecular weight excluding hydrogens is 424 g/mol. The summed E-state index contributed by atoms with van der Waals surface area (Å²) < 4.78 is 7.88. The lowest BCUT2D eigenvalue weighted by atomic mass is 9.94. The van der Waals surface area contributed by atoms with E-state index in [1.165, 1.54) is 4.90 Å². The number of imide groups is 1. The van der Waals surface area contributed by atoms with Crippen LogP contribution in [0.3, 0.4) is 0 Å². The predicted octanol–water partition coefficient (Wildman–Crippen LogP) is 3.57. The lowest BCUT2D eigenvalue weighted by Crippen LogP contribution is -2.54. The highest BCUT2D eigenvalue weighted by atomic mass is 79.9. The predicted molar refractivity (Wildman–Crippen MR) is 106 cm³/mol. The minimum atomic E-state index is -0.469. The SMILES string of the molecule is CCCN1C(=O)C2C=CC=CC2=[N+](Cc2nc(-c3ccc(Br)cc3)no2)C1=O. The number of urea groups is 1. The van der Waals surface area contributed by atoms with E-state index >= 15 is 0 Å². The van der Waals surface area contributed by atoms with E-state index in [0.29, 0.717) is 30.4 Å². The van der Waals surface area contributed by atoms with E-state index in [9.17, 15) is 9.59 Å². The molecule has 1 aromatic carbocycles. The van der Waals surface area contributed by atoms with Crippen LogP contribution < -0.4 is 0 Å². The second kappa shape index (κ2) is 7.63. The Morgan fingerprint density at radius 3 is 2.75 bits per heavy atom. The smallest absolute Gasteiger partial charge is 0.335 e. The average Bonchev–Trinajstić information content (AvgIpc) is 3.18. The minimum Gasteiger partial charge on any atom is -0.335 e. The van der Waals surface area contributed by atoms with Gasteiger partial charge in [0.15, 0.2) is 6.54 Å². The van der Waals surface area contributed by atoms with Crippen LogP contribution in [0.2, 0.25) is 0 Å². The molecule has 1 aliphatic heterocycles. The molecule has 8 heteroatoms. The van der Waals surface area contributed by atoms with E-state index in [1.807, 2.05) is 43.3 Å². The summed E-state index contributed by atoms with van der Waals surface area (Å²) in [7, 11) is 0. The third-order valence-electron chi connectivity index (χ3n) is 4.62. The van der Waals surface area contributed by atoms with Gasteiger partial charge in [0.1, 0.15) is 11.6 Å². The van der Waals surface area contributed by atoms with E-state index in [4.69, 9.17) is 4.52 Å². The van der Waals surface area contributed by atoms with E-state index in [1.54, 1.807) is 16.7 Å². The number of fused-ring (bicyclic) bond motifs is 1. The largest absolute Gasteiger partial charge is 0.501 e. The highest BCUT2D eigenvalue weighted by Crippen LogP contribution is 2.22. The number of carbonyl (C=O) groups is 2. The highest BCUT2D eigenvalue weighted by Gasteiger charge is 2.46. The van der Waals surface area contributed by atoms with Gasteiger partial charge in [-0.25, -0.2) is 4.79 Å². The molecule has 1 unspecified atom stereocenters. The molecule has 0 N–H and O–H groups in total. The number of allylic oxidation sites excluding steroid dienone is 3. The molecule has 2 aromatic rings. The van der Waals surface area contributed by atoms with Gasteiger partial charge in [0.25, 0.3) is 5.89 Å². The zero-order valence-corrected chi connectivity index (χ0v) is 16.8. The first-order chi connectivity index (χ1) is 13.6. The number of benzene rings is 1. The Balaban J connectivity index is 1.66. The molecule has 1 atom stereocenters. The fraction of sp³-hybridized carbons (Fsp3) is 0.250. The van der Waals surface area contributed by atoms with Gasteiger partial charge in [-0.05, 0) is 36.8 Å². The van der Waals surface area contributed by atoms with Crippen molar-refractivity contribution in [1.82, 2.24) is 15.0 Å². The monoisotopic (exact) mass is 441 g/mol. The van der Waals surface area contributed by atoms with Crippen molar-refractivity contribution < 1.29 is 18.7 Å². The Hall–Kier alpha value is -2.87. The summed E-state index contributed by atoms with van der Waals surface area (Å²) in [5.74, 6) is 0.100. The van der Waals surface area contributed by atoms with Crippen molar-refractivity contribution in [3.05, 3.63) is 58.9 Å². The second-order valence-electron chi connectivity index (χ2n) is 6.52. The molecule has 0 saturated carbocycles. The van der Waals surface area contributed by atoms with Crippen molar-refractivity contribution in [2.24, 2.45) is 5.92 Å². The van der Waals surface area contributed by atoms with Gasteiger partial charge in [-0.1, -0.05) is 46.2 Å². The number of nitrogens with zero attached hydrogens (tertiary/aromatic N) is 4. The normalized spacial score (nSPS) is 18.8. The Labute approximate surface area is 170 Å². The molecule has 142 valence electrons. The van der Waals surface area contributed by atoms with Crippen molar-refractivity contribution in [2.75, 3.05) is 6.54 Å². The fourth-order valence-electron chi connectivity index (χ4n) is 3.28. The van der Waals surface area contributed by atoms with Crippen molar-refractivity contribution in [3.8, 4) is 11.4 Å². The van der Waals surface area contributed by atoms with Crippen LogP contribution in [0.1, 0.15) is 19.2 Å². The second-order valence-corrected chi connectivity index (χ2v) is 7.44. The van der Waals surface area contributed by atoms with E-state index in [0.717, 1.165) is 10.0 Å². The Morgan fingerprint density at radius 2 is 2.00 bits per heavy atom. The van der Waals surface area contributed by atoms with Crippen molar-refractivity contribution >= 4 is 33.6 Å². The van der Waals surface area contributed by atoms with Crippen LogP contribution in [0.5, 0.6) is 0 Å². The maximum atomic E-state index is 13.0. The summed E-state index contributed by atoms with van der Waals surface area (Å²) in [6.07, 6.45) is 7.93. The molecule has 3 amide bonds. The molecule has 0 spiro atoms. The molecular formula is C20H18BrN4O3+. The number of amides is 3. The number of carbonyl (C=O) groups excluding carboxylic acids is 2. The summed E-state index contributed by atoms with van der Waals surface area (Å²) >= 11 is 3.40. The van der Waals surface area contributed by atoms with Crippen molar-refractivity contribution in [2.45, 2.75) is 19.9 Å². The highest BCUT2D eigenvalue weighted by molar-refractivity contribution is 9.10. The van der Waals surface area contributed by atoms with Crippen LogP contribution in [0.25, 0.3) is 11.4 Å². The minimum absolute atomic E-state index is 0.111. The molecule has 28 heavy (non-hydrogen) atoms. The van der Waals surface area contributed by atoms with E-state index < -0.39 is 5.92 Å². The molecule has 0 saturated heterocycles. The Kier molecular flexibility index (Phi) is 5.04. The molecule has 0 fully saturated rings. The number of rotatable bonds is 5. The number of aromatic nitrogens is 2. The van der Waals surface area contributed by atoms with E-state index in [2.05, 4.69) is 26.1 Å². The fourth-order valence-corrected chi connectivity index (χ4v) is 3.54. The van der Waals surface area contributed by atoms with Crippen LogP contribution >= 0.6 is 15.9 Å². The maximum absolute atomic E-state index is 13.0. The van der Waals surface area contributed by atoms with Crippen LogP contribution in [0.4, 0.5) is 4.79 Å². The molecule has 2 heterocycles. The van der Waals surface area contributed by atoms with Gasteiger partial charge >= 0.3 is 11.9 Å². The number of hydrogen-bond acceptors (Lipinski definition) is 5. The maximum Gasteiger partial charge on any atom is 0.501 e. The average molecular weight is 442 g/mol. The first-order valence-corrected chi connectivity index (χ1v) is 9.81. The standard InChI is InChI=1S/C20H18BrN4O3/c1-2-11-24-19(26)15-5-3-4-6-16(15)25(20(24)27)12-17-22-18(23-28-17)13-7-9-14(21)10-8-13/h3-10,15H,2,11-12H2,1H3/q+1. The zero-order chi connectivity index (χ0) is 19.7. The van der Waals surface area contributed by atoms with Gasteiger partial charge in [0.2, 0.25) is 5.82 Å². The Morgan fingerprint density at radius 1 is 1.21 bits per heavy atom. The third kappa shape index (κ3) is 3.35. The molecule has 1 aromatic heterocycles. The van der Waals surface area contributed by atoms with Gasteiger partial charge in [-0.15, -0.1) is 0 Å². The van der Waals surface area contributed by atoms with Crippen molar-refractivity contribution in [3.63, 3.8) is 0 Å². The van der Waals surface area contributed by atoms with Gasteiger partial charge in [-0.2, -0.15) is 19.3 Å². The number of halogens is 1. The molecule has 4 rings (SSSR count). The quantitative estimate of drug-likeness (QED) is 0.662.